The molecule has 0 atom stereocenters. The van der Waals surface area contributed by atoms with Gasteiger partial charge in [-0.3, -0.25) is 4.79 Å². The summed E-state index contributed by atoms with van der Waals surface area (Å²) in [5.41, 5.74) is 0.158. The van der Waals surface area contributed by atoms with Crippen molar-refractivity contribution < 1.29 is 14.7 Å². The third-order valence-corrected chi connectivity index (χ3v) is 4.43. The SMILES string of the molecule is O=C(CSc1ccccc1Cl)Nc1cc(Cl)ccc1C(=O)O. The van der Waals surface area contributed by atoms with Crippen molar-refractivity contribution in [2.24, 2.45) is 0 Å². The summed E-state index contributed by atoms with van der Waals surface area (Å²) >= 11 is 13.1. The average Bonchev–Trinajstić information content (AvgIpc) is 2.46. The molecule has 0 heterocycles. The van der Waals surface area contributed by atoms with Gasteiger partial charge in [0.15, 0.2) is 0 Å². The lowest BCUT2D eigenvalue weighted by atomic mass is 10.2. The number of carbonyl (C=O) groups is 2. The van der Waals surface area contributed by atoms with Crippen molar-refractivity contribution in [3.8, 4) is 0 Å². The Labute approximate surface area is 141 Å². The number of rotatable bonds is 5. The summed E-state index contributed by atoms with van der Waals surface area (Å²) in [6, 6.07) is 11.4. The number of thioether (sulfide) groups is 1. The Morgan fingerprint density at radius 1 is 1.14 bits per heavy atom. The number of carbonyl (C=O) groups excluding carboxylic acids is 1. The van der Waals surface area contributed by atoms with Crippen LogP contribution in [0.2, 0.25) is 10.0 Å². The van der Waals surface area contributed by atoms with Gasteiger partial charge in [-0.25, -0.2) is 4.79 Å². The lowest BCUT2D eigenvalue weighted by Crippen LogP contribution is -2.16. The number of benzene rings is 2. The number of hydrogen-bond acceptors (Lipinski definition) is 3. The van der Waals surface area contributed by atoms with E-state index >= 15 is 0 Å². The molecule has 0 bridgehead atoms. The fraction of sp³-hybridized carbons (Fsp3) is 0.0667. The zero-order valence-corrected chi connectivity index (χ0v) is 13.5. The molecule has 2 aromatic carbocycles. The van der Waals surface area contributed by atoms with Gasteiger partial charge in [0.1, 0.15) is 0 Å². The first-order chi connectivity index (χ1) is 10.5. The number of hydrogen-bond donors (Lipinski definition) is 2. The van der Waals surface area contributed by atoms with Crippen molar-refractivity contribution in [1.29, 1.82) is 0 Å². The van der Waals surface area contributed by atoms with Crippen molar-refractivity contribution in [3.63, 3.8) is 0 Å². The number of amides is 1. The van der Waals surface area contributed by atoms with E-state index in [-0.39, 0.29) is 22.9 Å². The maximum Gasteiger partial charge on any atom is 0.337 e. The molecule has 2 aromatic rings. The maximum absolute atomic E-state index is 12.0. The molecule has 2 N–H and O–H groups in total. The van der Waals surface area contributed by atoms with Crippen LogP contribution in [-0.2, 0) is 4.79 Å². The van der Waals surface area contributed by atoms with Crippen molar-refractivity contribution in [3.05, 3.63) is 58.1 Å². The molecule has 0 spiro atoms. The van der Waals surface area contributed by atoms with E-state index in [1.165, 1.54) is 30.0 Å². The summed E-state index contributed by atoms with van der Waals surface area (Å²) in [6.07, 6.45) is 0. The van der Waals surface area contributed by atoms with E-state index < -0.39 is 5.97 Å². The van der Waals surface area contributed by atoms with Gasteiger partial charge in [-0.15, -0.1) is 11.8 Å². The molecule has 1 amide bonds. The second-order valence-electron chi connectivity index (χ2n) is 4.26. The monoisotopic (exact) mass is 355 g/mol. The highest BCUT2D eigenvalue weighted by molar-refractivity contribution is 8.00. The minimum atomic E-state index is -1.13. The van der Waals surface area contributed by atoms with Gasteiger partial charge in [-0.2, -0.15) is 0 Å². The maximum atomic E-state index is 12.0. The second kappa shape index (κ2) is 7.54. The van der Waals surface area contributed by atoms with Crippen LogP contribution in [0.25, 0.3) is 0 Å². The first kappa shape index (κ1) is 16.7. The number of carboxylic acid groups (broad SMARTS) is 1. The lowest BCUT2D eigenvalue weighted by molar-refractivity contribution is -0.113. The van der Waals surface area contributed by atoms with Crippen LogP contribution >= 0.6 is 35.0 Å². The molecule has 0 aliphatic heterocycles. The first-order valence-corrected chi connectivity index (χ1v) is 7.91. The van der Waals surface area contributed by atoms with Crippen molar-refractivity contribution in [2.75, 3.05) is 11.1 Å². The van der Waals surface area contributed by atoms with Gasteiger partial charge < -0.3 is 10.4 Å². The van der Waals surface area contributed by atoms with E-state index in [0.29, 0.717) is 10.0 Å². The van der Waals surface area contributed by atoms with E-state index in [2.05, 4.69) is 5.32 Å². The molecule has 0 unspecified atom stereocenters. The van der Waals surface area contributed by atoms with E-state index in [4.69, 9.17) is 28.3 Å². The highest BCUT2D eigenvalue weighted by Gasteiger charge is 2.13. The Morgan fingerprint density at radius 2 is 1.86 bits per heavy atom. The van der Waals surface area contributed by atoms with Crippen LogP contribution in [0.3, 0.4) is 0 Å². The van der Waals surface area contributed by atoms with E-state index in [0.717, 1.165) is 4.90 Å². The van der Waals surface area contributed by atoms with E-state index in [1.54, 1.807) is 12.1 Å². The lowest BCUT2D eigenvalue weighted by Gasteiger charge is -2.09. The topological polar surface area (TPSA) is 66.4 Å². The first-order valence-electron chi connectivity index (χ1n) is 6.17. The highest BCUT2D eigenvalue weighted by atomic mass is 35.5. The summed E-state index contributed by atoms with van der Waals surface area (Å²) in [7, 11) is 0. The minimum absolute atomic E-state index is 0.0134. The standard InChI is InChI=1S/C15H11Cl2NO3S/c16-9-5-6-10(15(20)21)12(7-9)18-14(19)8-22-13-4-2-1-3-11(13)17/h1-7H,8H2,(H,18,19)(H,20,21). The Bertz CT molecular complexity index is 722. The smallest absolute Gasteiger partial charge is 0.337 e. The molecular weight excluding hydrogens is 345 g/mol. The average molecular weight is 356 g/mol. The quantitative estimate of drug-likeness (QED) is 0.779. The number of carboxylic acids is 1. The predicted octanol–water partition coefficient (Wildman–Crippen LogP) is 4.42. The molecule has 0 aliphatic carbocycles. The van der Waals surface area contributed by atoms with Gasteiger partial charge in [0.2, 0.25) is 5.91 Å². The molecule has 7 heteroatoms. The Kier molecular flexibility index (Phi) is 5.71. The second-order valence-corrected chi connectivity index (χ2v) is 6.12. The molecule has 0 radical (unpaired) electrons. The fourth-order valence-corrected chi connectivity index (χ4v) is 2.91. The molecule has 0 saturated heterocycles. The molecule has 2 rings (SSSR count). The van der Waals surface area contributed by atoms with Crippen LogP contribution in [0.5, 0.6) is 0 Å². The van der Waals surface area contributed by atoms with Crippen LogP contribution in [0, 0.1) is 0 Å². The van der Waals surface area contributed by atoms with Crippen LogP contribution in [-0.4, -0.2) is 22.7 Å². The van der Waals surface area contributed by atoms with Gasteiger partial charge >= 0.3 is 5.97 Å². The van der Waals surface area contributed by atoms with E-state index in [9.17, 15) is 9.59 Å². The minimum Gasteiger partial charge on any atom is -0.478 e. The Morgan fingerprint density at radius 3 is 2.55 bits per heavy atom. The number of halogens is 2. The predicted molar refractivity (Wildman–Crippen MR) is 89.2 cm³/mol. The molecule has 114 valence electrons. The van der Waals surface area contributed by atoms with Gasteiger partial charge in [-0.05, 0) is 30.3 Å². The Balaban J connectivity index is 2.05. The molecule has 0 fully saturated rings. The molecule has 0 saturated carbocycles. The van der Waals surface area contributed by atoms with Crippen LogP contribution in [0.1, 0.15) is 10.4 Å². The molecular formula is C15H11Cl2NO3S. The summed E-state index contributed by atoms with van der Waals surface area (Å²) in [5.74, 6) is -1.37. The normalized spacial score (nSPS) is 10.3. The number of anilines is 1. The zero-order chi connectivity index (χ0) is 16.1. The van der Waals surface area contributed by atoms with Gasteiger partial charge in [-0.1, -0.05) is 35.3 Å². The Hall–Kier alpha value is -1.69. The highest BCUT2D eigenvalue weighted by Crippen LogP contribution is 2.27. The molecule has 0 aromatic heterocycles. The summed E-state index contributed by atoms with van der Waals surface area (Å²) < 4.78 is 0. The summed E-state index contributed by atoms with van der Waals surface area (Å²) in [6.45, 7) is 0. The molecule has 0 aliphatic rings. The molecule has 4 nitrogen and oxygen atoms in total. The van der Waals surface area contributed by atoms with Crippen molar-refractivity contribution in [2.45, 2.75) is 4.90 Å². The van der Waals surface area contributed by atoms with E-state index in [1.807, 2.05) is 12.1 Å². The third kappa shape index (κ3) is 4.40. The number of aromatic carboxylic acids is 1. The van der Waals surface area contributed by atoms with Crippen LogP contribution in [0.4, 0.5) is 5.69 Å². The number of nitrogens with one attached hydrogen (secondary N) is 1. The zero-order valence-electron chi connectivity index (χ0n) is 11.2. The summed E-state index contributed by atoms with van der Waals surface area (Å²) in [4.78, 5) is 23.9. The van der Waals surface area contributed by atoms with Crippen molar-refractivity contribution in [1.82, 2.24) is 0 Å². The van der Waals surface area contributed by atoms with Gasteiger partial charge in [0, 0.05) is 9.92 Å². The third-order valence-electron chi connectivity index (χ3n) is 2.68. The largest absolute Gasteiger partial charge is 0.478 e. The fourth-order valence-electron chi connectivity index (χ4n) is 1.70. The van der Waals surface area contributed by atoms with Gasteiger partial charge in [0.05, 0.1) is 22.0 Å². The van der Waals surface area contributed by atoms with Crippen LogP contribution < -0.4 is 5.32 Å². The summed E-state index contributed by atoms with van der Waals surface area (Å²) in [5, 5.41) is 12.6. The van der Waals surface area contributed by atoms with Gasteiger partial charge in [0.25, 0.3) is 0 Å². The molecule has 22 heavy (non-hydrogen) atoms. The van der Waals surface area contributed by atoms with Crippen LogP contribution in [0.15, 0.2) is 47.4 Å². The van der Waals surface area contributed by atoms with Crippen molar-refractivity contribution >= 4 is 52.5 Å².